The zero-order valence-corrected chi connectivity index (χ0v) is 12.5. The van der Waals surface area contributed by atoms with E-state index >= 15 is 0 Å². The first-order valence-electron chi connectivity index (χ1n) is 8.00. The van der Waals surface area contributed by atoms with Gasteiger partial charge in [-0.1, -0.05) is 12.8 Å². The molecule has 0 N–H and O–H groups in total. The maximum absolute atomic E-state index is 11.6. The molecule has 3 nitrogen and oxygen atoms in total. The Morgan fingerprint density at radius 3 is 2.52 bits per heavy atom. The van der Waals surface area contributed by atoms with Crippen LogP contribution in [0, 0.1) is 18.8 Å². The van der Waals surface area contributed by atoms with E-state index < -0.39 is 0 Å². The zero-order valence-electron chi connectivity index (χ0n) is 12.5. The second-order valence-electron chi connectivity index (χ2n) is 6.64. The molecule has 1 saturated carbocycles. The number of anilines is 1. The van der Waals surface area contributed by atoms with Crippen LogP contribution in [0.15, 0.2) is 33.5 Å². The fourth-order valence-corrected chi connectivity index (χ4v) is 4.13. The van der Waals surface area contributed by atoms with E-state index in [1.807, 2.05) is 13.0 Å². The minimum atomic E-state index is -0.257. The molecule has 1 saturated heterocycles. The molecule has 0 amide bonds. The van der Waals surface area contributed by atoms with Gasteiger partial charge in [0.05, 0.1) is 0 Å². The lowest BCUT2D eigenvalue weighted by Crippen LogP contribution is -2.19. The lowest BCUT2D eigenvalue weighted by Gasteiger charge is -2.22. The highest BCUT2D eigenvalue weighted by Gasteiger charge is 2.34. The van der Waals surface area contributed by atoms with Crippen LogP contribution >= 0.6 is 0 Å². The molecule has 110 valence electrons. The number of benzene rings is 1. The van der Waals surface area contributed by atoms with Crippen molar-refractivity contribution in [3.05, 3.63) is 40.2 Å². The molecule has 1 aliphatic carbocycles. The van der Waals surface area contributed by atoms with Crippen molar-refractivity contribution in [2.75, 3.05) is 18.0 Å². The van der Waals surface area contributed by atoms with Crippen molar-refractivity contribution in [2.24, 2.45) is 11.8 Å². The van der Waals surface area contributed by atoms with E-state index in [0.717, 1.165) is 35.9 Å². The van der Waals surface area contributed by atoms with Crippen molar-refractivity contribution in [3.63, 3.8) is 0 Å². The van der Waals surface area contributed by atoms with Crippen LogP contribution in [0.4, 0.5) is 5.69 Å². The van der Waals surface area contributed by atoms with E-state index in [1.54, 1.807) is 6.07 Å². The third-order valence-electron chi connectivity index (χ3n) is 5.28. The first-order valence-corrected chi connectivity index (χ1v) is 8.00. The van der Waals surface area contributed by atoms with Gasteiger partial charge < -0.3 is 9.32 Å². The van der Waals surface area contributed by atoms with Gasteiger partial charge in [0.15, 0.2) is 0 Å². The zero-order chi connectivity index (χ0) is 14.4. The first kappa shape index (κ1) is 12.9. The van der Waals surface area contributed by atoms with Crippen molar-refractivity contribution < 1.29 is 4.42 Å². The Bertz CT molecular complexity index is 720. The maximum Gasteiger partial charge on any atom is 0.336 e. The Hall–Kier alpha value is -1.77. The molecule has 2 heterocycles. The van der Waals surface area contributed by atoms with Gasteiger partial charge in [0.2, 0.25) is 0 Å². The van der Waals surface area contributed by atoms with E-state index in [9.17, 15) is 4.79 Å². The minimum Gasteiger partial charge on any atom is -0.423 e. The van der Waals surface area contributed by atoms with E-state index in [-0.39, 0.29) is 5.63 Å². The van der Waals surface area contributed by atoms with Gasteiger partial charge in [-0.05, 0) is 49.3 Å². The molecular formula is C18H21NO2. The normalized spacial score (nSPS) is 25.3. The summed E-state index contributed by atoms with van der Waals surface area (Å²) in [6.45, 7) is 4.28. The minimum absolute atomic E-state index is 0.257. The van der Waals surface area contributed by atoms with Gasteiger partial charge in [0.25, 0.3) is 0 Å². The van der Waals surface area contributed by atoms with Crippen LogP contribution in [0.3, 0.4) is 0 Å². The summed E-state index contributed by atoms with van der Waals surface area (Å²) in [5.41, 5.74) is 2.65. The molecule has 4 rings (SSSR count). The van der Waals surface area contributed by atoms with E-state index in [1.165, 1.54) is 31.4 Å². The van der Waals surface area contributed by atoms with Crippen molar-refractivity contribution in [1.82, 2.24) is 0 Å². The predicted octanol–water partition coefficient (Wildman–Crippen LogP) is 3.73. The van der Waals surface area contributed by atoms with E-state index in [0.29, 0.717) is 5.58 Å². The van der Waals surface area contributed by atoms with Crippen molar-refractivity contribution in [1.29, 1.82) is 0 Å². The average molecular weight is 283 g/mol. The van der Waals surface area contributed by atoms with Gasteiger partial charge in [-0.25, -0.2) is 4.79 Å². The van der Waals surface area contributed by atoms with Gasteiger partial charge in [-0.2, -0.15) is 0 Å². The Kier molecular flexibility index (Phi) is 3.02. The van der Waals surface area contributed by atoms with Crippen LogP contribution in [0.5, 0.6) is 0 Å². The van der Waals surface area contributed by atoms with Crippen LogP contribution in [0.1, 0.15) is 31.2 Å². The molecule has 2 unspecified atom stereocenters. The average Bonchev–Trinajstić information content (AvgIpc) is 2.90. The largest absolute Gasteiger partial charge is 0.423 e. The molecule has 21 heavy (non-hydrogen) atoms. The summed E-state index contributed by atoms with van der Waals surface area (Å²) < 4.78 is 5.38. The van der Waals surface area contributed by atoms with Crippen molar-refractivity contribution >= 4 is 16.7 Å². The Morgan fingerprint density at radius 2 is 1.81 bits per heavy atom. The molecule has 2 aromatic rings. The highest BCUT2D eigenvalue weighted by atomic mass is 16.4. The number of nitrogens with zero attached hydrogens (tertiary/aromatic N) is 1. The quantitative estimate of drug-likeness (QED) is 0.748. The molecule has 2 aliphatic rings. The fourth-order valence-electron chi connectivity index (χ4n) is 4.13. The summed E-state index contributed by atoms with van der Waals surface area (Å²) in [6.07, 6.45) is 5.54. The molecule has 1 aliphatic heterocycles. The summed E-state index contributed by atoms with van der Waals surface area (Å²) >= 11 is 0. The monoisotopic (exact) mass is 283 g/mol. The lowest BCUT2D eigenvalue weighted by atomic mass is 9.82. The molecule has 0 spiro atoms. The number of rotatable bonds is 1. The first-order chi connectivity index (χ1) is 10.2. The highest BCUT2D eigenvalue weighted by Crippen LogP contribution is 2.38. The van der Waals surface area contributed by atoms with Gasteiger partial charge in [-0.3, -0.25) is 0 Å². The number of aryl methyl sites for hydroxylation is 1. The summed E-state index contributed by atoms with van der Waals surface area (Å²) in [6, 6.07) is 7.87. The van der Waals surface area contributed by atoms with Crippen LogP contribution in [0.25, 0.3) is 11.0 Å². The van der Waals surface area contributed by atoms with Gasteiger partial charge in [0, 0.05) is 36.3 Å². The SMILES string of the molecule is Cc1cc(=O)oc2cc(N3CC4CCCCC4C3)ccc12. The second-order valence-corrected chi connectivity index (χ2v) is 6.64. The Balaban J connectivity index is 1.69. The summed E-state index contributed by atoms with van der Waals surface area (Å²) in [5, 5.41) is 1.04. The molecule has 1 aromatic heterocycles. The number of hydrogen-bond acceptors (Lipinski definition) is 3. The molecular weight excluding hydrogens is 262 g/mol. The third-order valence-corrected chi connectivity index (χ3v) is 5.28. The topological polar surface area (TPSA) is 33.5 Å². The standard InChI is InChI=1S/C18H21NO2/c1-12-8-18(20)21-17-9-15(6-7-16(12)17)19-10-13-4-2-3-5-14(13)11-19/h6-9,13-14H,2-5,10-11H2,1H3. The molecule has 2 atom stereocenters. The molecule has 1 aromatic carbocycles. The smallest absolute Gasteiger partial charge is 0.336 e. The van der Waals surface area contributed by atoms with Crippen LogP contribution in [-0.2, 0) is 0 Å². The molecule has 0 bridgehead atoms. The Morgan fingerprint density at radius 1 is 1.10 bits per heavy atom. The number of fused-ring (bicyclic) bond motifs is 2. The van der Waals surface area contributed by atoms with Crippen LogP contribution in [-0.4, -0.2) is 13.1 Å². The number of hydrogen-bond donors (Lipinski definition) is 0. The third kappa shape index (κ3) is 2.25. The van der Waals surface area contributed by atoms with Crippen LogP contribution < -0.4 is 10.5 Å². The second kappa shape index (κ2) is 4.90. The van der Waals surface area contributed by atoms with Gasteiger partial charge in [0.1, 0.15) is 5.58 Å². The Labute approximate surface area is 124 Å². The van der Waals surface area contributed by atoms with Gasteiger partial charge in [-0.15, -0.1) is 0 Å². The van der Waals surface area contributed by atoms with E-state index in [4.69, 9.17) is 4.42 Å². The lowest BCUT2D eigenvalue weighted by molar-refractivity contribution is 0.299. The predicted molar refractivity (Wildman–Crippen MR) is 84.9 cm³/mol. The summed E-state index contributed by atoms with van der Waals surface area (Å²) in [4.78, 5) is 14.0. The molecule has 0 radical (unpaired) electrons. The summed E-state index contributed by atoms with van der Waals surface area (Å²) in [7, 11) is 0. The highest BCUT2D eigenvalue weighted by molar-refractivity contribution is 5.83. The molecule has 3 heteroatoms. The van der Waals surface area contributed by atoms with Crippen molar-refractivity contribution in [3.8, 4) is 0 Å². The van der Waals surface area contributed by atoms with Crippen molar-refractivity contribution in [2.45, 2.75) is 32.6 Å². The van der Waals surface area contributed by atoms with E-state index in [2.05, 4.69) is 17.0 Å². The summed E-state index contributed by atoms with van der Waals surface area (Å²) in [5.74, 6) is 1.72. The van der Waals surface area contributed by atoms with Gasteiger partial charge >= 0.3 is 5.63 Å². The van der Waals surface area contributed by atoms with Crippen LogP contribution in [0.2, 0.25) is 0 Å². The fraction of sp³-hybridized carbons (Fsp3) is 0.500. The molecule has 2 fully saturated rings. The maximum atomic E-state index is 11.6.